The summed E-state index contributed by atoms with van der Waals surface area (Å²) in [4.78, 5) is 36.7. The van der Waals surface area contributed by atoms with Crippen LogP contribution in [0.25, 0.3) is 0 Å². The molecule has 0 saturated carbocycles. The molecular formula is C28H32N4O3. The Labute approximate surface area is 206 Å². The van der Waals surface area contributed by atoms with Gasteiger partial charge in [0.1, 0.15) is 0 Å². The van der Waals surface area contributed by atoms with E-state index in [0.717, 1.165) is 11.3 Å². The Morgan fingerprint density at radius 3 is 1.80 bits per heavy atom. The molecular weight excluding hydrogens is 440 g/mol. The zero-order chi connectivity index (χ0) is 25.3. The molecule has 182 valence electrons. The van der Waals surface area contributed by atoms with Gasteiger partial charge in [0.15, 0.2) is 0 Å². The number of hydrogen-bond donors (Lipinski definition) is 4. The fourth-order valence-electron chi connectivity index (χ4n) is 3.30. The Hall–Kier alpha value is -4.13. The summed E-state index contributed by atoms with van der Waals surface area (Å²) in [6, 6.07) is 23.8. The third kappa shape index (κ3) is 8.97. The lowest BCUT2D eigenvalue weighted by Gasteiger charge is -2.20. The third-order valence-corrected chi connectivity index (χ3v) is 5.02. The van der Waals surface area contributed by atoms with E-state index in [1.54, 1.807) is 48.5 Å². The van der Waals surface area contributed by atoms with Crippen molar-refractivity contribution in [2.24, 2.45) is 0 Å². The van der Waals surface area contributed by atoms with Crippen molar-refractivity contribution in [1.29, 1.82) is 0 Å². The normalized spacial score (nSPS) is 10.8. The lowest BCUT2D eigenvalue weighted by Crippen LogP contribution is -2.40. The van der Waals surface area contributed by atoms with Gasteiger partial charge in [0.25, 0.3) is 5.91 Å². The van der Waals surface area contributed by atoms with Gasteiger partial charge in [0, 0.05) is 34.6 Å². The number of nitrogens with one attached hydrogen (secondary N) is 4. The molecule has 0 aromatic heterocycles. The fourth-order valence-corrected chi connectivity index (χ4v) is 3.30. The van der Waals surface area contributed by atoms with Crippen LogP contribution in [-0.2, 0) is 16.0 Å². The molecule has 0 aliphatic rings. The van der Waals surface area contributed by atoms with Crippen LogP contribution in [0.15, 0.2) is 78.9 Å². The summed E-state index contributed by atoms with van der Waals surface area (Å²) < 4.78 is 0. The molecule has 3 aromatic carbocycles. The van der Waals surface area contributed by atoms with Gasteiger partial charge >= 0.3 is 0 Å². The van der Waals surface area contributed by atoms with E-state index in [0.29, 0.717) is 29.8 Å². The van der Waals surface area contributed by atoms with Crippen LogP contribution in [0, 0.1) is 0 Å². The van der Waals surface area contributed by atoms with Crippen molar-refractivity contribution in [2.75, 3.05) is 22.5 Å². The van der Waals surface area contributed by atoms with E-state index in [2.05, 4.69) is 21.3 Å². The Kier molecular flexibility index (Phi) is 8.62. The molecule has 0 atom stereocenters. The van der Waals surface area contributed by atoms with Gasteiger partial charge in [-0.1, -0.05) is 30.3 Å². The monoisotopic (exact) mass is 472 g/mol. The van der Waals surface area contributed by atoms with Crippen LogP contribution in [0.3, 0.4) is 0 Å². The van der Waals surface area contributed by atoms with Gasteiger partial charge in [-0.15, -0.1) is 0 Å². The van der Waals surface area contributed by atoms with E-state index in [1.807, 2.05) is 51.1 Å². The van der Waals surface area contributed by atoms with Gasteiger partial charge in [0.05, 0.1) is 6.54 Å². The summed E-state index contributed by atoms with van der Waals surface area (Å²) in [7, 11) is 0. The van der Waals surface area contributed by atoms with E-state index < -0.39 is 0 Å². The molecule has 0 fully saturated rings. The highest BCUT2D eigenvalue weighted by atomic mass is 16.2. The van der Waals surface area contributed by atoms with Crippen LogP contribution in [0.1, 0.15) is 43.1 Å². The molecule has 3 aromatic rings. The van der Waals surface area contributed by atoms with Gasteiger partial charge in [-0.3, -0.25) is 14.4 Å². The predicted octanol–water partition coefficient (Wildman–Crippen LogP) is 4.84. The maximum absolute atomic E-state index is 12.3. The third-order valence-electron chi connectivity index (χ3n) is 5.02. The van der Waals surface area contributed by atoms with E-state index in [9.17, 15) is 14.4 Å². The molecule has 0 aliphatic carbocycles. The van der Waals surface area contributed by atoms with Crippen LogP contribution >= 0.6 is 0 Å². The van der Waals surface area contributed by atoms with E-state index in [4.69, 9.17) is 0 Å². The smallest absolute Gasteiger partial charge is 0.251 e. The van der Waals surface area contributed by atoms with Crippen molar-refractivity contribution < 1.29 is 14.4 Å². The highest BCUT2D eigenvalue weighted by Gasteiger charge is 2.15. The van der Waals surface area contributed by atoms with Crippen molar-refractivity contribution in [3.63, 3.8) is 0 Å². The molecule has 0 saturated heterocycles. The Morgan fingerprint density at radius 2 is 1.23 bits per heavy atom. The first-order valence-corrected chi connectivity index (χ1v) is 11.6. The maximum atomic E-state index is 12.3. The molecule has 0 bridgehead atoms. The van der Waals surface area contributed by atoms with Crippen molar-refractivity contribution in [3.8, 4) is 0 Å². The Morgan fingerprint density at radius 1 is 0.686 bits per heavy atom. The van der Waals surface area contributed by atoms with Gasteiger partial charge in [-0.05, 0) is 81.3 Å². The molecule has 7 nitrogen and oxygen atoms in total. The molecule has 0 unspecified atom stereocenters. The number of amides is 3. The SMILES string of the molecule is CC(C)(C)NC(=O)c1ccc(NCC(=O)Nc2ccc(NC(=O)CCc3ccccc3)cc2)cc1. The molecule has 3 rings (SSSR count). The van der Waals surface area contributed by atoms with Crippen LogP contribution in [0.4, 0.5) is 17.1 Å². The Balaban J connectivity index is 1.41. The van der Waals surface area contributed by atoms with Crippen LogP contribution in [0.5, 0.6) is 0 Å². The summed E-state index contributed by atoms with van der Waals surface area (Å²) in [6.07, 6.45) is 1.08. The van der Waals surface area contributed by atoms with Crippen molar-refractivity contribution in [2.45, 2.75) is 39.2 Å². The largest absolute Gasteiger partial charge is 0.376 e. The minimum atomic E-state index is -0.307. The molecule has 0 spiro atoms. The first-order valence-electron chi connectivity index (χ1n) is 11.6. The summed E-state index contributed by atoms with van der Waals surface area (Å²) in [6.45, 7) is 5.86. The van der Waals surface area contributed by atoms with Crippen LogP contribution in [-0.4, -0.2) is 29.8 Å². The number of anilines is 3. The van der Waals surface area contributed by atoms with Crippen molar-refractivity contribution in [3.05, 3.63) is 90.0 Å². The zero-order valence-electron chi connectivity index (χ0n) is 20.4. The molecule has 7 heteroatoms. The number of carbonyl (C=O) groups is 3. The van der Waals surface area contributed by atoms with E-state index in [1.165, 1.54) is 0 Å². The Bertz CT molecular complexity index is 1140. The van der Waals surface area contributed by atoms with E-state index >= 15 is 0 Å². The summed E-state index contributed by atoms with van der Waals surface area (Å²) in [5.74, 6) is -0.409. The molecule has 0 heterocycles. The standard InChI is InChI=1S/C28H32N4O3/c1-28(2,3)32-27(35)21-10-12-22(13-11-21)29-19-26(34)31-24-16-14-23(15-17-24)30-25(33)18-9-20-7-5-4-6-8-20/h4-8,10-17,29H,9,18-19H2,1-3H3,(H,30,33)(H,31,34)(H,32,35). The average Bonchev–Trinajstić information content (AvgIpc) is 2.82. The van der Waals surface area contributed by atoms with Gasteiger partial charge < -0.3 is 21.3 Å². The minimum Gasteiger partial charge on any atom is -0.376 e. The lowest BCUT2D eigenvalue weighted by molar-refractivity contribution is -0.116. The second-order valence-electron chi connectivity index (χ2n) is 9.29. The quantitative estimate of drug-likeness (QED) is 0.358. The van der Waals surface area contributed by atoms with Gasteiger partial charge in [0.2, 0.25) is 11.8 Å². The van der Waals surface area contributed by atoms with Gasteiger partial charge in [-0.25, -0.2) is 0 Å². The second-order valence-corrected chi connectivity index (χ2v) is 9.29. The maximum Gasteiger partial charge on any atom is 0.251 e. The van der Waals surface area contributed by atoms with Crippen LogP contribution in [0.2, 0.25) is 0 Å². The first-order chi connectivity index (χ1) is 16.7. The van der Waals surface area contributed by atoms with Crippen molar-refractivity contribution >= 4 is 34.8 Å². The number of carbonyl (C=O) groups excluding carboxylic acids is 3. The first kappa shape index (κ1) is 25.5. The minimum absolute atomic E-state index is 0.0586. The molecule has 0 radical (unpaired) electrons. The predicted molar refractivity (Wildman–Crippen MR) is 141 cm³/mol. The molecule has 0 aliphatic heterocycles. The topological polar surface area (TPSA) is 99.3 Å². The number of aryl methyl sites for hydroxylation is 1. The number of benzene rings is 3. The number of rotatable bonds is 9. The van der Waals surface area contributed by atoms with Crippen molar-refractivity contribution in [1.82, 2.24) is 5.32 Å². The lowest BCUT2D eigenvalue weighted by atomic mass is 10.1. The summed E-state index contributed by atoms with van der Waals surface area (Å²) >= 11 is 0. The molecule has 4 N–H and O–H groups in total. The molecule has 35 heavy (non-hydrogen) atoms. The highest BCUT2D eigenvalue weighted by Crippen LogP contribution is 2.15. The average molecular weight is 473 g/mol. The van der Waals surface area contributed by atoms with Crippen LogP contribution < -0.4 is 21.3 Å². The molecule has 3 amide bonds. The highest BCUT2D eigenvalue weighted by molar-refractivity contribution is 5.96. The van der Waals surface area contributed by atoms with Gasteiger partial charge in [-0.2, -0.15) is 0 Å². The fraction of sp³-hybridized carbons (Fsp3) is 0.250. The zero-order valence-corrected chi connectivity index (χ0v) is 20.4. The summed E-state index contributed by atoms with van der Waals surface area (Å²) in [5.41, 5.74) is 3.42. The van der Waals surface area contributed by atoms with E-state index in [-0.39, 0.29) is 29.8 Å². The second kappa shape index (κ2) is 11.8. The number of hydrogen-bond acceptors (Lipinski definition) is 4. The summed E-state index contributed by atoms with van der Waals surface area (Å²) in [5, 5.41) is 11.6.